The van der Waals surface area contributed by atoms with Gasteiger partial charge in [0.25, 0.3) is 0 Å². The summed E-state index contributed by atoms with van der Waals surface area (Å²) in [5, 5.41) is 8.00. The fraction of sp³-hybridized carbons (Fsp3) is 0.800. The molecule has 0 aliphatic heterocycles. The summed E-state index contributed by atoms with van der Waals surface area (Å²) in [6, 6.07) is 0.628. The summed E-state index contributed by atoms with van der Waals surface area (Å²) in [5.41, 5.74) is 2.61. The standard InChI is InChI=1S/C15H27N3/c1-12(14-8-6-4-5-7-9-14)16-10-15-11-17-18(3)13(15)2/h11-12,14,16H,4-10H2,1-3H3/t12-/m0/s1. The SMILES string of the molecule is Cc1c(CN[C@@H](C)C2CCCCCC2)cnn1C. The molecule has 3 nitrogen and oxygen atoms in total. The summed E-state index contributed by atoms with van der Waals surface area (Å²) >= 11 is 0. The molecule has 1 aromatic heterocycles. The molecule has 0 amide bonds. The normalized spacial score (nSPS) is 19.7. The summed E-state index contributed by atoms with van der Waals surface area (Å²) in [4.78, 5) is 0. The van der Waals surface area contributed by atoms with Gasteiger partial charge in [-0.25, -0.2) is 0 Å². The van der Waals surface area contributed by atoms with Gasteiger partial charge in [0.15, 0.2) is 0 Å². The summed E-state index contributed by atoms with van der Waals surface area (Å²) in [5.74, 6) is 0.865. The second-order valence-corrected chi connectivity index (χ2v) is 5.80. The molecule has 0 spiro atoms. The van der Waals surface area contributed by atoms with E-state index in [4.69, 9.17) is 0 Å². The molecule has 0 aromatic carbocycles. The number of nitrogens with one attached hydrogen (secondary N) is 1. The van der Waals surface area contributed by atoms with Crippen LogP contribution in [0.25, 0.3) is 0 Å². The highest BCUT2D eigenvalue weighted by molar-refractivity contribution is 5.15. The van der Waals surface area contributed by atoms with E-state index in [0.717, 1.165) is 12.5 Å². The van der Waals surface area contributed by atoms with Crippen LogP contribution in [0.5, 0.6) is 0 Å². The van der Waals surface area contributed by atoms with Gasteiger partial charge in [0, 0.05) is 30.9 Å². The maximum Gasteiger partial charge on any atom is 0.0537 e. The molecule has 1 aliphatic carbocycles. The predicted octanol–water partition coefficient (Wildman–Crippen LogP) is 3.18. The zero-order valence-corrected chi connectivity index (χ0v) is 12.1. The van der Waals surface area contributed by atoms with Crippen molar-refractivity contribution >= 4 is 0 Å². The number of aromatic nitrogens is 2. The van der Waals surface area contributed by atoms with Gasteiger partial charge in [0.2, 0.25) is 0 Å². The summed E-state index contributed by atoms with van der Waals surface area (Å²) in [6.45, 7) is 5.44. The van der Waals surface area contributed by atoms with E-state index in [1.165, 1.54) is 49.8 Å². The van der Waals surface area contributed by atoms with E-state index >= 15 is 0 Å². The van der Waals surface area contributed by atoms with Crippen molar-refractivity contribution in [3.8, 4) is 0 Å². The molecule has 1 fully saturated rings. The molecule has 1 aromatic rings. The van der Waals surface area contributed by atoms with E-state index in [1.807, 2.05) is 17.9 Å². The second-order valence-electron chi connectivity index (χ2n) is 5.80. The molecule has 1 saturated carbocycles. The van der Waals surface area contributed by atoms with Crippen LogP contribution in [-0.2, 0) is 13.6 Å². The van der Waals surface area contributed by atoms with Crippen LogP contribution in [-0.4, -0.2) is 15.8 Å². The van der Waals surface area contributed by atoms with E-state index in [1.54, 1.807) is 0 Å². The van der Waals surface area contributed by atoms with Gasteiger partial charge in [-0.05, 0) is 32.6 Å². The van der Waals surface area contributed by atoms with Crippen molar-refractivity contribution in [3.63, 3.8) is 0 Å². The van der Waals surface area contributed by atoms with Gasteiger partial charge in [-0.15, -0.1) is 0 Å². The van der Waals surface area contributed by atoms with Crippen molar-refractivity contribution < 1.29 is 0 Å². The van der Waals surface area contributed by atoms with Crippen LogP contribution in [0.15, 0.2) is 6.20 Å². The topological polar surface area (TPSA) is 29.9 Å². The number of hydrogen-bond donors (Lipinski definition) is 1. The van der Waals surface area contributed by atoms with Gasteiger partial charge in [0.05, 0.1) is 6.20 Å². The third-order valence-corrected chi connectivity index (χ3v) is 4.56. The molecular formula is C15H27N3. The van der Waals surface area contributed by atoms with Gasteiger partial charge >= 0.3 is 0 Å². The molecular weight excluding hydrogens is 222 g/mol. The zero-order chi connectivity index (χ0) is 13.0. The van der Waals surface area contributed by atoms with Crippen molar-refractivity contribution in [2.45, 2.75) is 65.0 Å². The first-order valence-electron chi connectivity index (χ1n) is 7.39. The number of rotatable bonds is 4. The number of aryl methyl sites for hydroxylation is 1. The van der Waals surface area contributed by atoms with E-state index < -0.39 is 0 Å². The minimum Gasteiger partial charge on any atom is -0.310 e. The van der Waals surface area contributed by atoms with Crippen LogP contribution in [0.1, 0.15) is 56.7 Å². The second kappa shape index (κ2) is 6.37. The molecule has 0 unspecified atom stereocenters. The third-order valence-electron chi connectivity index (χ3n) is 4.56. The van der Waals surface area contributed by atoms with Crippen LogP contribution in [0, 0.1) is 12.8 Å². The lowest BCUT2D eigenvalue weighted by molar-refractivity contribution is 0.336. The fourth-order valence-electron chi connectivity index (χ4n) is 2.97. The predicted molar refractivity (Wildman–Crippen MR) is 75.4 cm³/mol. The molecule has 1 heterocycles. The largest absolute Gasteiger partial charge is 0.310 e. The smallest absolute Gasteiger partial charge is 0.0537 e. The maximum atomic E-state index is 4.30. The highest BCUT2D eigenvalue weighted by Gasteiger charge is 2.18. The van der Waals surface area contributed by atoms with E-state index in [0.29, 0.717) is 6.04 Å². The maximum absolute atomic E-state index is 4.30. The van der Waals surface area contributed by atoms with Crippen LogP contribution in [0.2, 0.25) is 0 Å². The van der Waals surface area contributed by atoms with Gasteiger partial charge < -0.3 is 5.32 Å². The Morgan fingerprint density at radius 1 is 1.33 bits per heavy atom. The highest BCUT2D eigenvalue weighted by atomic mass is 15.3. The molecule has 0 saturated heterocycles. The van der Waals surface area contributed by atoms with Crippen LogP contribution < -0.4 is 5.32 Å². The monoisotopic (exact) mass is 249 g/mol. The molecule has 0 radical (unpaired) electrons. The van der Waals surface area contributed by atoms with Gasteiger partial charge in [-0.3, -0.25) is 4.68 Å². The van der Waals surface area contributed by atoms with Crippen molar-refractivity contribution in [2.75, 3.05) is 0 Å². The minimum atomic E-state index is 0.628. The lowest BCUT2D eigenvalue weighted by Gasteiger charge is -2.23. The Balaban J connectivity index is 1.83. The van der Waals surface area contributed by atoms with Gasteiger partial charge in [-0.2, -0.15) is 5.10 Å². The van der Waals surface area contributed by atoms with E-state index in [-0.39, 0.29) is 0 Å². The Morgan fingerprint density at radius 2 is 2.00 bits per heavy atom. The van der Waals surface area contributed by atoms with E-state index in [2.05, 4.69) is 24.3 Å². The van der Waals surface area contributed by atoms with E-state index in [9.17, 15) is 0 Å². The fourth-order valence-corrected chi connectivity index (χ4v) is 2.97. The summed E-state index contributed by atoms with van der Waals surface area (Å²) in [6.07, 6.45) is 10.5. The Labute approximate surface area is 111 Å². The van der Waals surface area contributed by atoms with Crippen LogP contribution in [0.3, 0.4) is 0 Å². The average Bonchev–Trinajstić information content (AvgIpc) is 2.63. The molecule has 2 rings (SSSR count). The zero-order valence-electron chi connectivity index (χ0n) is 12.1. The summed E-state index contributed by atoms with van der Waals surface area (Å²) in [7, 11) is 2.01. The first-order chi connectivity index (χ1) is 8.68. The Hall–Kier alpha value is -0.830. The molecule has 1 atom stereocenters. The quantitative estimate of drug-likeness (QED) is 0.831. The van der Waals surface area contributed by atoms with Crippen molar-refractivity contribution in [3.05, 3.63) is 17.5 Å². The average molecular weight is 249 g/mol. The van der Waals surface area contributed by atoms with Gasteiger partial charge in [-0.1, -0.05) is 25.7 Å². The lowest BCUT2D eigenvalue weighted by Crippen LogP contribution is -2.33. The molecule has 1 N–H and O–H groups in total. The summed E-state index contributed by atoms with van der Waals surface area (Å²) < 4.78 is 1.95. The molecule has 102 valence electrons. The Morgan fingerprint density at radius 3 is 2.56 bits per heavy atom. The third kappa shape index (κ3) is 3.35. The van der Waals surface area contributed by atoms with Crippen molar-refractivity contribution in [2.24, 2.45) is 13.0 Å². The minimum absolute atomic E-state index is 0.628. The van der Waals surface area contributed by atoms with Crippen molar-refractivity contribution in [1.29, 1.82) is 0 Å². The number of nitrogens with zero attached hydrogens (tertiary/aromatic N) is 2. The molecule has 0 bridgehead atoms. The molecule has 18 heavy (non-hydrogen) atoms. The molecule has 1 aliphatic rings. The first kappa shape index (κ1) is 13.6. The first-order valence-corrected chi connectivity index (χ1v) is 7.39. The van der Waals surface area contributed by atoms with Crippen LogP contribution in [0.4, 0.5) is 0 Å². The van der Waals surface area contributed by atoms with Gasteiger partial charge in [0.1, 0.15) is 0 Å². The number of hydrogen-bond acceptors (Lipinski definition) is 2. The molecule has 3 heteroatoms. The van der Waals surface area contributed by atoms with Crippen molar-refractivity contribution in [1.82, 2.24) is 15.1 Å². The Bertz CT molecular complexity index is 362. The highest BCUT2D eigenvalue weighted by Crippen LogP contribution is 2.25. The lowest BCUT2D eigenvalue weighted by atomic mass is 9.93. The Kier molecular flexibility index (Phi) is 4.81. The van der Waals surface area contributed by atoms with Crippen LogP contribution >= 0.6 is 0 Å².